The highest BCUT2D eigenvalue weighted by Crippen LogP contribution is 2.48. The third-order valence-electron chi connectivity index (χ3n) is 6.73. The Bertz CT molecular complexity index is 761. The van der Waals surface area contributed by atoms with Gasteiger partial charge < -0.3 is 15.3 Å². The number of hydrogen-bond acceptors (Lipinski definition) is 3. The summed E-state index contributed by atoms with van der Waals surface area (Å²) in [4.78, 5) is 28.0. The maximum atomic E-state index is 13.8. The summed E-state index contributed by atoms with van der Waals surface area (Å²) in [6, 6.07) is 4.95. The van der Waals surface area contributed by atoms with Gasteiger partial charge in [0.25, 0.3) is 0 Å². The van der Waals surface area contributed by atoms with Crippen LogP contribution >= 0.6 is 0 Å². The van der Waals surface area contributed by atoms with Crippen LogP contribution in [0, 0.1) is 5.82 Å². The molecule has 1 spiro atoms. The highest BCUT2D eigenvalue weighted by Gasteiger charge is 2.49. The minimum absolute atomic E-state index is 0.0103. The zero-order chi connectivity index (χ0) is 19.2. The van der Waals surface area contributed by atoms with E-state index in [1.54, 1.807) is 6.07 Å². The number of fused-ring (bicyclic) bond motifs is 2. The van der Waals surface area contributed by atoms with Crippen LogP contribution in [-0.4, -0.2) is 58.6 Å². The Morgan fingerprint density at radius 3 is 2.78 bits per heavy atom. The van der Waals surface area contributed by atoms with E-state index in [2.05, 4.69) is 10.2 Å². The molecule has 1 saturated carbocycles. The van der Waals surface area contributed by atoms with Crippen molar-refractivity contribution >= 4 is 17.7 Å². The van der Waals surface area contributed by atoms with E-state index in [1.807, 2.05) is 6.92 Å². The fourth-order valence-electron chi connectivity index (χ4n) is 5.25. The zero-order valence-electron chi connectivity index (χ0n) is 15.6. The average Bonchev–Trinajstić information content (AvgIpc) is 3.21. The molecule has 3 aliphatic rings. The minimum atomic E-state index is -0.854. The molecule has 0 unspecified atom stereocenters. The topological polar surface area (TPSA) is 72.9 Å². The Morgan fingerprint density at radius 1 is 1.37 bits per heavy atom. The number of hydrogen-bond donors (Lipinski definition) is 2. The quantitative estimate of drug-likeness (QED) is 0.852. The normalized spacial score (nSPS) is 30.4. The van der Waals surface area contributed by atoms with Crippen molar-refractivity contribution in [2.75, 3.05) is 25.0 Å². The summed E-state index contributed by atoms with van der Waals surface area (Å²) in [6.07, 6.45) is 3.16. The average molecular weight is 375 g/mol. The fourth-order valence-corrected chi connectivity index (χ4v) is 5.25. The van der Waals surface area contributed by atoms with Gasteiger partial charge in [-0.3, -0.25) is 9.69 Å². The predicted molar refractivity (Wildman–Crippen MR) is 99.3 cm³/mol. The highest BCUT2D eigenvalue weighted by atomic mass is 19.1. The number of benzene rings is 1. The molecule has 1 saturated heterocycles. The summed E-state index contributed by atoms with van der Waals surface area (Å²) >= 11 is 0. The Balaban J connectivity index is 1.44. The first kappa shape index (κ1) is 18.2. The third-order valence-corrected chi connectivity index (χ3v) is 6.73. The van der Waals surface area contributed by atoms with Gasteiger partial charge in [0.2, 0.25) is 5.91 Å². The third kappa shape index (κ3) is 2.98. The molecule has 4 rings (SSSR count). The largest absolute Gasteiger partial charge is 0.465 e. The van der Waals surface area contributed by atoms with Crippen molar-refractivity contribution in [3.63, 3.8) is 0 Å². The van der Waals surface area contributed by atoms with E-state index in [0.717, 1.165) is 43.6 Å². The van der Waals surface area contributed by atoms with Gasteiger partial charge in [0, 0.05) is 37.4 Å². The SMILES string of the molecule is CCN(C(=O)O)[C@H]1CCN(C2CCC3(CC2)C(=O)Nc2ccc(F)cc23)C1. The van der Waals surface area contributed by atoms with Crippen LogP contribution in [0.2, 0.25) is 0 Å². The summed E-state index contributed by atoms with van der Waals surface area (Å²) in [6.45, 7) is 4.03. The first-order chi connectivity index (χ1) is 12.9. The molecule has 0 radical (unpaired) electrons. The van der Waals surface area contributed by atoms with E-state index in [4.69, 9.17) is 0 Å². The first-order valence-corrected chi connectivity index (χ1v) is 9.79. The van der Waals surface area contributed by atoms with Crippen LogP contribution in [0.1, 0.15) is 44.6 Å². The molecule has 2 N–H and O–H groups in total. The number of nitrogens with zero attached hydrogens (tertiary/aromatic N) is 2. The number of rotatable bonds is 3. The van der Waals surface area contributed by atoms with Crippen LogP contribution in [0.5, 0.6) is 0 Å². The molecule has 7 heteroatoms. The predicted octanol–water partition coefficient (Wildman–Crippen LogP) is 3.03. The minimum Gasteiger partial charge on any atom is -0.465 e. The molecule has 146 valence electrons. The molecular weight excluding hydrogens is 349 g/mol. The molecule has 1 atom stereocenters. The molecule has 1 aromatic rings. The Kier molecular flexibility index (Phi) is 4.58. The molecule has 2 amide bonds. The van der Waals surface area contributed by atoms with Gasteiger partial charge in [0.1, 0.15) is 5.82 Å². The Morgan fingerprint density at radius 2 is 2.11 bits per heavy atom. The Labute approximate surface area is 158 Å². The summed E-state index contributed by atoms with van der Waals surface area (Å²) in [5, 5.41) is 12.3. The van der Waals surface area contributed by atoms with Crippen molar-refractivity contribution in [3.8, 4) is 0 Å². The van der Waals surface area contributed by atoms with Crippen molar-refractivity contribution in [1.29, 1.82) is 0 Å². The van der Waals surface area contributed by atoms with E-state index in [0.29, 0.717) is 25.4 Å². The van der Waals surface area contributed by atoms with Crippen LogP contribution in [0.3, 0.4) is 0 Å². The van der Waals surface area contributed by atoms with Gasteiger partial charge in [0.05, 0.1) is 5.41 Å². The lowest BCUT2D eigenvalue weighted by Gasteiger charge is -2.39. The molecule has 2 fully saturated rings. The molecule has 0 aromatic heterocycles. The van der Waals surface area contributed by atoms with Crippen LogP contribution in [0.15, 0.2) is 18.2 Å². The number of carbonyl (C=O) groups excluding carboxylic acids is 1. The van der Waals surface area contributed by atoms with E-state index in [9.17, 15) is 19.1 Å². The van der Waals surface area contributed by atoms with Crippen molar-refractivity contribution in [3.05, 3.63) is 29.6 Å². The standard InChI is InChI=1S/C20H26FN3O3/c1-2-24(19(26)27)15-7-10-23(12-15)14-5-8-20(9-6-14)16-11-13(21)3-4-17(16)22-18(20)25/h3-4,11,14-15H,2,5-10,12H2,1H3,(H,22,25)(H,26,27)/t14?,15-,20?/m0/s1. The summed E-state index contributed by atoms with van der Waals surface area (Å²) < 4.78 is 13.8. The zero-order valence-corrected chi connectivity index (χ0v) is 15.6. The first-order valence-electron chi connectivity index (χ1n) is 9.79. The molecule has 1 aliphatic carbocycles. The van der Waals surface area contributed by atoms with Gasteiger partial charge in [-0.15, -0.1) is 0 Å². The fraction of sp³-hybridized carbons (Fsp3) is 0.600. The van der Waals surface area contributed by atoms with Gasteiger partial charge in [-0.1, -0.05) is 0 Å². The summed E-state index contributed by atoms with van der Waals surface area (Å²) in [5.74, 6) is -0.314. The second kappa shape index (κ2) is 6.78. The van der Waals surface area contributed by atoms with Gasteiger partial charge in [-0.2, -0.15) is 0 Å². The Hall–Kier alpha value is -2.15. The lowest BCUT2D eigenvalue weighted by atomic mass is 9.68. The van der Waals surface area contributed by atoms with Crippen LogP contribution in [-0.2, 0) is 10.2 Å². The van der Waals surface area contributed by atoms with Crippen LogP contribution in [0.25, 0.3) is 0 Å². The summed E-state index contributed by atoms with van der Waals surface area (Å²) in [5.41, 5.74) is 0.929. The number of halogens is 1. The van der Waals surface area contributed by atoms with Crippen molar-refractivity contribution in [2.45, 2.75) is 56.5 Å². The summed E-state index contributed by atoms with van der Waals surface area (Å²) in [7, 11) is 0. The second-order valence-corrected chi connectivity index (χ2v) is 7.96. The van der Waals surface area contributed by atoms with Crippen LogP contribution in [0.4, 0.5) is 14.9 Å². The van der Waals surface area contributed by atoms with E-state index < -0.39 is 11.5 Å². The lowest BCUT2D eigenvalue weighted by molar-refractivity contribution is -0.122. The molecule has 1 aromatic carbocycles. The molecule has 27 heavy (non-hydrogen) atoms. The van der Waals surface area contributed by atoms with Gasteiger partial charge in [-0.05, 0) is 62.8 Å². The molecule has 2 aliphatic heterocycles. The van der Waals surface area contributed by atoms with Gasteiger partial charge >= 0.3 is 6.09 Å². The van der Waals surface area contributed by atoms with Crippen molar-refractivity contribution < 1.29 is 19.1 Å². The number of likely N-dealkylation sites (N-methyl/N-ethyl adjacent to an activating group) is 1. The number of likely N-dealkylation sites (tertiary alicyclic amines) is 1. The number of carbonyl (C=O) groups is 2. The maximum absolute atomic E-state index is 13.8. The molecule has 2 heterocycles. The maximum Gasteiger partial charge on any atom is 0.407 e. The highest BCUT2D eigenvalue weighted by molar-refractivity contribution is 6.06. The number of carboxylic acid groups (broad SMARTS) is 1. The number of anilines is 1. The number of amides is 2. The molecule has 6 nitrogen and oxygen atoms in total. The van der Waals surface area contributed by atoms with Crippen LogP contribution < -0.4 is 5.32 Å². The number of nitrogens with one attached hydrogen (secondary N) is 1. The van der Waals surface area contributed by atoms with Crippen molar-refractivity contribution in [2.24, 2.45) is 0 Å². The lowest BCUT2D eigenvalue weighted by Crippen LogP contribution is -2.46. The smallest absolute Gasteiger partial charge is 0.407 e. The molecule has 0 bridgehead atoms. The van der Waals surface area contributed by atoms with E-state index in [-0.39, 0.29) is 17.8 Å². The molecular formula is C20H26FN3O3. The van der Waals surface area contributed by atoms with E-state index >= 15 is 0 Å². The van der Waals surface area contributed by atoms with Gasteiger partial charge in [-0.25, -0.2) is 9.18 Å². The van der Waals surface area contributed by atoms with E-state index in [1.165, 1.54) is 17.0 Å². The van der Waals surface area contributed by atoms with Gasteiger partial charge in [0.15, 0.2) is 0 Å². The van der Waals surface area contributed by atoms with Crippen molar-refractivity contribution in [1.82, 2.24) is 9.80 Å². The second-order valence-electron chi connectivity index (χ2n) is 7.96. The monoisotopic (exact) mass is 375 g/mol.